The fourth-order valence-electron chi connectivity index (χ4n) is 10.5. The Morgan fingerprint density at radius 1 is 0.431 bits per heavy atom. The molecule has 3 nitrogen and oxygen atoms in total. The maximum atomic E-state index is 5.68. The van der Waals surface area contributed by atoms with Gasteiger partial charge in [-0.05, 0) is 82.2 Å². The summed E-state index contributed by atoms with van der Waals surface area (Å²) in [6.45, 7) is 0. The number of amidine groups is 1. The van der Waals surface area contributed by atoms with Crippen LogP contribution in [0.2, 0.25) is 0 Å². The first-order chi connectivity index (χ1) is 32.2. The number of rotatable bonds is 4. The predicted octanol–water partition coefficient (Wildman–Crippen LogP) is 17.0. The van der Waals surface area contributed by atoms with Crippen LogP contribution in [0.25, 0.3) is 106 Å². The Bertz CT molecular complexity index is 4250. The van der Waals surface area contributed by atoms with Crippen LogP contribution in [0.1, 0.15) is 29.5 Å². The highest BCUT2D eigenvalue weighted by molar-refractivity contribution is 7.26. The van der Waals surface area contributed by atoms with E-state index < -0.39 is 0 Å². The topological polar surface area (TPSA) is 29.6 Å². The summed E-state index contributed by atoms with van der Waals surface area (Å²) in [6.07, 6.45) is 3.95. The van der Waals surface area contributed by atoms with Gasteiger partial charge in [0, 0.05) is 68.5 Å². The van der Waals surface area contributed by atoms with Crippen molar-refractivity contribution in [1.29, 1.82) is 0 Å². The second-order valence-electron chi connectivity index (χ2n) is 17.1. The number of hydrogen-bond donors (Lipinski definition) is 0. The molecule has 5 heteroatoms. The van der Waals surface area contributed by atoms with Crippen LogP contribution < -0.4 is 0 Å². The number of aromatic nitrogens is 1. The molecule has 10 aromatic carbocycles. The summed E-state index contributed by atoms with van der Waals surface area (Å²) < 4.78 is 7.63. The van der Waals surface area contributed by atoms with Crippen LogP contribution >= 0.6 is 22.7 Å². The van der Waals surface area contributed by atoms with Gasteiger partial charge in [-0.2, -0.15) is 0 Å². The molecule has 0 saturated heterocycles. The molecule has 0 amide bonds. The van der Waals surface area contributed by atoms with Crippen molar-refractivity contribution in [2.45, 2.75) is 12.8 Å². The van der Waals surface area contributed by atoms with Gasteiger partial charge in [0.15, 0.2) is 5.84 Å². The molecule has 13 aromatic rings. The van der Waals surface area contributed by atoms with Crippen molar-refractivity contribution in [2.24, 2.45) is 9.98 Å². The summed E-state index contributed by atoms with van der Waals surface area (Å²) in [7, 11) is 0. The molecule has 0 aliphatic carbocycles. The van der Waals surface area contributed by atoms with E-state index in [2.05, 4.69) is 205 Å². The minimum absolute atomic E-state index is 0.728. The van der Waals surface area contributed by atoms with Crippen LogP contribution in [-0.2, 0) is 0 Å². The van der Waals surface area contributed by atoms with Gasteiger partial charge >= 0.3 is 0 Å². The average molecular weight is 864 g/mol. The zero-order valence-corrected chi connectivity index (χ0v) is 36.8. The fourth-order valence-corrected chi connectivity index (χ4v) is 12.8. The number of thiophene rings is 2. The predicted molar refractivity (Wildman–Crippen MR) is 282 cm³/mol. The number of nitrogens with zero attached hydrogens (tertiary/aromatic N) is 3. The van der Waals surface area contributed by atoms with E-state index in [4.69, 9.17) is 9.98 Å². The van der Waals surface area contributed by atoms with Gasteiger partial charge in [0.25, 0.3) is 0 Å². The lowest BCUT2D eigenvalue weighted by molar-refractivity contribution is 1.09. The van der Waals surface area contributed by atoms with Gasteiger partial charge in [-0.15, -0.1) is 22.7 Å². The molecule has 304 valence electrons. The molecular weight excluding hydrogens is 827 g/mol. The number of benzene rings is 10. The molecule has 3 aromatic heterocycles. The van der Waals surface area contributed by atoms with Gasteiger partial charge in [0.1, 0.15) is 0 Å². The summed E-state index contributed by atoms with van der Waals surface area (Å²) >= 11 is 3.73. The average Bonchev–Trinajstić information content (AvgIpc) is 4.03. The Labute approximate surface area is 382 Å². The molecule has 0 N–H and O–H groups in total. The van der Waals surface area contributed by atoms with E-state index in [1.54, 1.807) is 0 Å². The lowest BCUT2D eigenvalue weighted by Gasteiger charge is -2.17. The second kappa shape index (κ2) is 14.4. The fraction of sp³-hybridized carbons (Fsp3) is 0.0333. The lowest BCUT2D eigenvalue weighted by atomic mass is 9.97. The summed E-state index contributed by atoms with van der Waals surface area (Å²) in [5, 5.41) is 14.9. The van der Waals surface area contributed by atoms with Gasteiger partial charge in [-0.25, -0.2) is 9.98 Å². The highest BCUT2D eigenvalue weighted by atomic mass is 32.1. The SMILES string of the molecule is C1=C(c2ccc(-n3c4cc5ccccc5cc4c4ccc5ccccc5c43)c3sc4ccccc4c23)/N=C(c2ccc3ccccc3c2)\N=C(\c2cccc3sc4ccccc4c23)CC\1. The number of allylic oxidation sites excluding steroid dienone is 1. The first-order valence-corrected chi connectivity index (χ1v) is 23.9. The van der Waals surface area contributed by atoms with Crippen molar-refractivity contribution in [3.63, 3.8) is 0 Å². The van der Waals surface area contributed by atoms with Gasteiger partial charge in [-0.1, -0.05) is 158 Å². The highest BCUT2D eigenvalue weighted by Crippen LogP contribution is 2.46. The Balaban J connectivity index is 1.03. The van der Waals surface area contributed by atoms with Crippen molar-refractivity contribution >= 4 is 134 Å². The molecule has 0 radical (unpaired) electrons. The molecule has 0 bridgehead atoms. The van der Waals surface area contributed by atoms with Crippen molar-refractivity contribution < 1.29 is 0 Å². The lowest BCUT2D eigenvalue weighted by Crippen LogP contribution is -2.10. The van der Waals surface area contributed by atoms with Crippen LogP contribution in [0.5, 0.6) is 0 Å². The van der Waals surface area contributed by atoms with Crippen molar-refractivity contribution in [2.75, 3.05) is 0 Å². The van der Waals surface area contributed by atoms with E-state index in [0.29, 0.717) is 0 Å². The minimum atomic E-state index is 0.728. The monoisotopic (exact) mass is 863 g/mol. The van der Waals surface area contributed by atoms with E-state index >= 15 is 0 Å². The third-order valence-electron chi connectivity index (χ3n) is 13.4. The smallest absolute Gasteiger partial charge is 0.160 e. The van der Waals surface area contributed by atoms with Crippen molar-refractivity contribution in [3.05, 3.63) is 217 Å². The maximum Gasteiger partial charge on any atom is 0.160 e. The number of aliphatic imine (C=N–C) groups is 2. The highest BCUT2D eigenvalue weighted by Gasteiger charge is 2.23. The summed E-state index contributed by atoms with van der Waals surface area (Å²) in [6, 6.07) is 71.2. The van der Waals surface area contributed by atoms with Crippen LogP contribution in [0.3, 0.4) is 0 Å². The Morgan fingerprint density at radius 2 is 1.09 bits per heavy atom. The molecule has 4 heterocycles. The maximum absolute atomic E-state index is 5.68. The molecular formula is C60H37N3S2. The molecule has 0 fully saturated rings. The number of fused-ring (bicyclic) bond motifs is 13. The molecule has 1 aliphatic rings. The Hall–Kier alpha value is -7.70. The van der Waals surface area contributed by atoms with Crippen LogP contribution in [0, 0.1) is 0 Å². The molecule has 0 unspecified atom stereocenters. The quantitative estimate of drug-likeness (QED) is 0.169. The normalized spacial score (nSPS) is 16.1. The third kappa shape index (κ3) is 5.72. The summed E-state index contributed by atoms with van der Waals surface area (Å²) in [4.78, 5) is 11.3. The van der Waals surface area contributed by atoms with Crippen LogP contribution in [0.15, 0.2) is 210 Å². The van der Waals surface area contributed by atoms with Gasteiger partial charge < -0.3 is 4.57 Å². The number of hydrogen-bond acceptors (Lipinski definition) is 4. The van der Waals surface area contributed by atoms with E-state index in [1.807, 2.05) is 22.7 Å². The van der Waals surface area contributed by atoms with E-state index in [9.17, 15) is 0 Å². The largest absolute Gasteiger partial charge is 0.307 e. The van der Waals surface area contributed by atoms with E-state index in [1.165, 1.54) is 106 Å². The third-order valence-corrected chi connectivity index (χ3v) is 15.8. The van der Waals surface area contributed by atoms with Crippen LogP contribution in [-0.4, -0.2) is 16.1 Å². The van der Waals surface area contributed by atoms with Crippen molar-refractivity contribution in [1.82, 2.24) is 4.57 Å². The second-order valence-corrected chi connectivity index (χ2v) is 19.3. The molecule has 14 rings (SSSR count). The van der Waals surface area contributed by atoms with E-state index in [-0.39, 0.29) is 0 Å². The van der Waals surface area contributed by atoms with Crippen LogP contribution in [0.4, 0.5) is 0 Å². The molecule has 0 spiro atoms. The minimum Gasteiger partial charge on any atom is -0.307 e. The Morgan fingerprint density at radius 3 is 1.92 bits per heavy atom. The summed E-state index contributed by atoms with van der Waals surface area (Å²) in [5.74, 6) is 0.728. The zero-order valence-electron chi connectivity index (χ0n) is 35.1. The van der Waals surface area contributed by atoms with Gasteiger partial charge in [0.05, 0.1) is 32.8 Å². The van der Waals surface area contributed by atoms with E-state index in [0.717, 1.165) is 41.2 Å². The Kier molecular flexibility index (Phi) is 8.15. The molecule has 65 heavy (non-hydrogen) atoms. The standard InChI is InChI=1S/C60H37N3S2/c1-2-15-38-33-41(28-27-36(38)13-1)60-61-49(44-21-11-26-55-56(44)46-19-7-9-24-53(46)64-55)22-12-23-50(62-60)45-31-32-51(59-57(45)47-20-8-10-25-54(47)65-59)63-52-35-40-17-4-3-16-39(40)34-48(52)43-30-29-37-14-5-6-18-42(37)58(43)63/h1-11,13-21,23-35H,12,22H2/b50-23-,61-49+,62-60-. The molecule has 0 saturated carbocycles. The molecule has 1 aliphatic heterocycles. The van der Waals surface area contributed by atoms with Gasteiger partial charge in [0.2, 0.25) is 0 Å². The molecule has 0 atom stereocenters. The first kappa shape index (κ1) is 36.8. The first-order valence-electron chi connectivity index (χ1n) is 22.3. The zero-order chi connectivity index (χ0) is 42.6. The van der Waals surface area contributed by atoms with Crippen molar-refractivity contribution in [3.8, 4) is 5.69 Å². The van der Waals surface area contributed by atoms with Gasteiger partial charge in [-0.3, -0.25) is 0 Å². The summed E-state index contributed by atoms with van der Waals surface area (Å²) in [5.41, 5.74) is 8.95.